The molecule has 1 N–H and O–H groups in total. The van der Waals surface area contributed by atoms with Crippen LogP contribution in [-0.4, -0.2) is 11.1 Å². The number of allylic oxidation sites excluding steroid dienone is 2. The van der Waals surface area contributed by atoms with E-state index in [0.717, 1.165) is 18.4 Å². The summed E-state index contributed by atoms with van der Waals surface area (Å²) in [7, 11) is 0. The Bertz CT molecular complexity index is 359. The van der Waals surface area contributed by atoms with E-state index in [0.29, 0.717) is 0 Å². The van der Waals surface area contributed by atoms with Crippen molar-refractivity contribution in [2.45, 2.75) is 26.2 Å². The first-order valence-corrected chi connectivity index (χ1v) is 5.13. The number of rotatable bonds is 5. The maximum Gasteiger partial charge on any atom is 1.00 e. The fraction of sp³-hybridized carbons (Fsp3) is 0.308. The van der Waals surface area contributed by atoms with Gasteiger partial charge in [-0.15, -0.1) is 0 Å². The molecule has 0 spiro atoms. The maximum absolute atomic E-state index is 10.5. The van der Waals surface area contributed by atoms with E-state index in [1.807, 2.05) is 37.3 Å². The van der Waals surface area contributed by atoms with Gasteiger partial charge in [0.25, 0.3) is 0 Å². The van der Waals surface area contributed by atoms with Gasteiger partial charge in [0.15, 0.2) is 0 Å². The van der Waals surface area contributed by atoms with E-state index in [2.05, 4.69) is 6.08 Å². The molecular weight excluding hydrogens is 211 g/mol. The van der Waals surface area contributed by atoms with E-state index < -0.39 is 5.97 Å². The van der Waals surface area contributed by atoms with E-state index >= 15 is 0 Å². The smallest absolute Gasteiger partial charge is 0.481 e. The molecule has 0 aliphatic heterocycles. The molecule has 1 aromatic carbocycles. The zero-order valence-electron chi connectivity index (χ0n) is 9.94. The van der Waals surface area contributed by atoms with Crippen molar-refractivity contribution < 1.29 is 39.5 Å². The number of carboxylic acids is 1. The van der Waals surface area contributed by atoms with Crippen molar-refractivity contribution in [3.63, 3.8) is 0 Å². The van der Waals surface area contributed by atoms with Gasteiger partial charge in [-0.3, -0.25) is 4.79 Å². The van der Waals surface area contributed by atoms with Gasteiger partial charge in [-0.05, 0) is 30.9 Å². The van der Waals surface area contributed by atoms with E-state index in [-0.39, 0.29) is 36.0 Å². The van der Waals surface area contributed by atoms with Crippen LogP contribution in [0.1, 0.15) is 24.5 Å². The molecule has 3 heteroatoms. The van der Waals surface area contributed by atoms with Crippen molar-refractivity contribution in [2.24, 2.45) is 0 Å². The van der Waals surface area contributed by atoms with Crippen molar-refractivity contribution in [1.29, 1.82) is 0 Å². The quantitative estimate of drug-likeness (QED) is 0.560. The van der Waals surface area contributed by atoms with Crippen LogP contribution in [0.2, 0.25) is 0 Å². The number of carboxylic acid groups (broad SMARTS) is 1. The summed E-state index contributed by atoms with van der Waals surface area (Å²) in [5.41, 5.74) is 2.08. The minimum Gasteiger partial charge on any atom is -0.481 e. The Kier molecular flexibility index (Phi) is 8.26. The molecule has 0 heterocycles. The van der Waals surface area contributed by atoms with Crippen molar-refractivity contribution in [3.8, 4) is 0 Å². The van der Waals surface area contributed by atoms with Crippen molar-refractivity contribution in [3.05, 3.63) is 47.5 Å². The number of benzene rings is 1. The fourth-order valence-electron chi connectivity index (χ4n) is 1.49. The summed E-state index contributed by atoms with van der Waals surface area (Å²) >= 11 is 0. The van der Waals surface area contributed by atoms with Crippen LogP contribution in [0, 0.1) is 0 Å². The standard InChI is InChI=1S/C13H16O2.Na/c1-2-3-4-6-11-7-5-8-12(9-11)10-13(14)15;/h2-3,5,7-9H,4,6,10H2,1H3,(H,14,15);/q;+1/b3-2-;. The first-order valence-electron chi connectivity index (χ1n) is 5.13. The minimum absolute atomic E-state index is 0. The van der Waals surface area contributed by atoms with Crippen LogP contribution < -0.4 is 29.6 Å². The third-order valence-electron chi connectivity index (χ3n) is 2.18. The average molecular weight is 227 g/mol. The second kappa shape index (κ2) is 8.57. The molecule has 0 aromatic heterocycles. The van der Waals surface area contributed by atoms with Gasteiger partial charge in [-0.2, -0.15) is 0 Å². The zero-order chi connectivity index (χ0) is 11.1. The molecule has 0 aliphatic rings. The summed E-state index contributed by atoms with van der Waals surface area (Å²) in [6.07, 6.45) is 6.23. The van der Waals surface area contributed by atoms with Crippen LogP contribution in [0.5, 0.6) is 0 Å². The molecule has 1 rings (SSSR count). The van der Waals surface area contributed by atoms with Crippen molar-refractivity contribution in [2.75, 3.05) is 0 Å². The van der Waals surface area contributed by atoms with E-state index in [9.17, 15) is 4.79 Å². The Morgan fingerprint density at radius 1 is 1.38 bits per heavy atom. The third-order valence-corrected chi connectivity index (χ3v) is 2.18. The largest absolute Gasteiger partial charge is 1.00 e. The Morgan fingerprint density at radius 3 is 2.69 bits per heavy atom. The molecule has 0 fully saturated rings. The molecule has 0 saturated carbocycles. The topological polar surface area (TPSA) is 37.3 Å². The van der Waals surface area contributed by atoms with E-state index in [1.165, 1.54) is 5.56 Å². The first-order chi connectivity index (χ1) is 7.22. The molecule has 2 nitrogen and oxygen atoms in total. The fourth-order valence-corrected chi connectivity index (χ4v) is 1.49. The van der Waals surface area contributed by atoms with Crippen molar-refractivity contribution >= 4 is 5.97 Å². The van der Waals surface area contributed by atoms with Gasteiger partial charge < -0.3 is 5.11 Å². The first kappa shape index (κ1) is 15.4. The summed E-state index contributed by atoms with van der Waals surface area (Å²) in [4.78, 5) is 10.5. The average Bonchev–Trinajstić information content (AvgIpc) is 2.18. The number of aryl methyl sites for hydroxylation is 1. The van der Waals surface area contributed by atoms with Gasteiger partial charge in [0.2, 0.25) is 0 Å². The van der Waals surface area contributed by atoms with Crippen molar-refractivity contribution in [1.82, 2.24) is 0 Å². The normalized spacial score (nSPS) is 10.1. The molecular formula is C13H16NaO2+. The van der Waals surface area contributed by atoms with Crippen LogP contribution in [0.15, 0.2) is 36.4 Å². The Balaban J connectivity index is 0.00000225. The summed E-state index contributed by atoms with van der Waals surface area (Å²) in [5.74, 6) is -0.777. The molecule has 0 aliphatic carbocycles. The molecule has 0 saturated heterocycles. The van der Waals surface area contributed by atoms with Crippen LogP contribution in [0.3, 0.4) is 0 Å². The van der Waals surface area contributed by atoms with Gasteiger partial charge in [0.05, 0.1) is 6.42 Å². The molecule has 0 amide bonds. The molecule has 0 bridgehead atoms. The molecule has 16 heavy (non-hydrogen) atoms. The van der Waals surface area contributed by atoms with Gasteiger partial charge >= 0.3 is 35.5 Å². The number of hydrogen-bond donors (Lipinski definition) is 1. The van der Waals surface area contributed by atoms with Crippen LogP contribution in [0.4, 0.5) is 0 Å². The summed E-state index contributed by atoms with van der Waals surface area (Å²) < 4.78 is 0. The Morgan fingerprint density at radius 2 is 2.06 bits per heavy atom. The number of carbonyl (C=O) groups is 1. The van der Waals surface area contributed by atoms with Gasteiger partial charge in [0.1, 0.15) is 0 Å². The van der Waals surface area contributed by atoms with E-state index in [1.54, 1.807) is 0 Å². The molecule has 0 atom stereocenters. The molecule has 0 radical (unpaired) electrons. The summed E-state index contributed by atoms with van der Waals surface area (Å²) in [5, 5.41) is 8.66. The SMILES string of the molecule is C/C=C\CCc1cccc(CC(=O)O)c1.[Na+]. The predicted molar refractivity (Wildman–Crippen MR) is 60.9 cm³/mol. The monoisotopic (exact) mass is 227 g/mol. The van der Waals surface area contributed by atoms with Gasteiger partial charge in [0, 0.05) is 0 Å². The Hall–Kier alpha value is -0.570. The third kappa shape index (κ3) is 6.11. The second-order valence-corrected chi connectivity index (χ2v) is 3.50. The van der Waals surface area contributed by atoms with Crippen LogP contribution >= 0.6 is 0 Å². The Labute approximate surface area is 119 Å². The van der Waals surface area contributed by atoms with Crippen LogP contribution in [0.25, 0.3) is 0 Å². The number of aliphatic carboxylic acids is 1. The van der Waals surface area contributed by atoms with Gasteiger partial charge in [-0.1, -0.05) is 36.4 Å². The predicted octanol–water partition coefficient (Wildman–Crippen LogP) is -0.174. The molecule has 1 aromatic rings. The van der Waals surface area contributed by atoms with E-state index in [4.69, 9.17) is 5.11 Å². The zero-order valence-corrected chi connectivity index (χ0v) is 11.9. The minimum atomic E-state index is -0.777. The number of hydrogen-bond acceptors (Lipinski definition) is 1. The van der Waals surface area contributed by atoms with Gasteiger partial charge in [-0.25, -0.2) is 0 Å². The molecule has 80 valence electrons. The molecule has 0 unspecified atom stereocenters. The second-order valence-electron chi connectivity index (χ2n) is 3.50. The van der Waals surface area contributed by atoms with Crippen LogP contribution in [-0.2, 0) is 17.6 Å². The summed E-state index contributed by atoms with van der Waals surface area (Å²) in [6.45, 7) is 2.00. The maximum atomic E-state index is 10.5. The summed E-state index contributed by atoms with van der Waals surface area (Å²) in [6, 6.07) is 7.78.